The van der Waals surface area contributed by atoms with Gasteiger partial charge in [0, 0.05) is 33.2 Å². The second-order valence-electron chi connectivity index (χ2n) is 6.27. The number of carbonyl (C=O) groups is 1. The number of carbonyl (C=O) groups excluding carboxylic acids is 1. The SMILES string of the molecule is COCC1(CNC(=O)c2ccc(S(=O)(=O)N(C)C)o2)CCNCC1. The molecule has 1 aliphatic heterocycles. The Kier molecular flexibility index (Phi) is 6.02. The number of methoxy groups -OCH3 is 1. The number of rotatable bonds is 7. The molecular formula is C15H25N3O5S. The Balaban J connectivity index is 2.03. The first-order chi connectivity index (χ1) is 11.3. The third-order valence-corrected chi connectivity index (χ3v) is 5.97. The van der Waals surface area contributed by atoms with Gasteiger partial charge in [0.1, 0.15) is 0 Å². The van der Waals surface area contributed by atoms with Crippen LogP contribution in [0.5, 0.6) is 0 Å². The highest BCUT2D eigenvalue weighted by Gasteiger charge is 2.33. The standard InChI is InChI=1S/C15H25N3O5S/c1-18(2)24(20,21)13-5-4-12(23-13)14(19)17-10-15(11-22-3)6-8-16-9-7-15/h4-5,16H,6-11H2,1-3H3,(H,17,19). The average molecular weight is 359 g/mol. The summed E-state index contributed by atoms with van der Waals surface area (Å²) in [6.07, 6.45) is 1.80. The van der Waals surface area contributed by atoms with Gasteiger partial charge in [-0.15, -0.1) is 0 Å². The fourth-order valence-electron chi connectivity index (χ4n) is 2.75. The molecule has 0 aromatic carbocycles. The Morgan fingerprint density at radius 1 is 1.38 bits per heavy atom. The number of hydrogen-bond acceptors (Lipinski definition) is 6. The molecule has 1 amide bonds. The van der Waals surface area contributed by atoms with Crippen molar-refractivity contribution in [3.05, 3.63) is 17.9 Å². The van der Waals surface area contributed by atoms with Gasteiger partial charge in [0.15, 0.2) is 5.76 Å². The van der Waals surface area contributed by atoms with Crippen molar-refractivity contribution >= 4 is 15.9 Å². The second-order valence-corrected chi connectivity index (χ2v) is 8.35. The minimum Gasteiger partial charge on any atom is -0.438 e. The molecule has 0 atom stereocenters. The summed E-state index contributed by atoms with van der Waals surface area (Å²) >= 11 is 0. The van der Waals surface area contributed by atoms with Crippen molar-refractivity contribution in [3.63, 3.8) is 0 Å². The van der Waals surface area contributed by atoms with E-state index in [9.17, 15) is 13.2 Å². The van der Waals surface area contributed by atoms with Crippen LogP contribution in [0.1, 0.15) is 23.4 Å². The van der Waals surface area contributed by atoms with Gasteiger partial charge in [-0.05, 0) is 38.1 Å². The maximum absolute atomic E-state index is 12.3. The zero-order chi connectivity index (χ0) is 17.8. The summed E-state index contributed by atoms with van der Waals surface area (Å²) in [7, 11) is 0.774. The van der Waals surface area contributed by atoms with Crippen molar-refractivity contribution in [3.8, 4) is 0 Å². The van der Waals surface area contributed by atoms with Crippen LogP contribution in [0.25, 0.3) is 0 Å². The molecule has 136 valence electrons. The molecule has 1 fully saturated rings. The number of sulfonamides is 1. The number of piperidine rings is 1. The summed E-state index contributed by atoms with van der Waals surface area (Å²) in [4.78, 5) is 12.3. The van der Waals surface area contributed by atoms with Gasteiger partial charge in [-0.3, -0.25) is 4.79 Å². The second kappa shape index (κ2) is 7.64. The van der Waals surface area contributed by atoms with Crippen LogP contribution >= 0.6 is 0 Å². The van der Waals surface area contributed by atoms with Gasteiger partial charge in [0.05, 0.1) is 6.61 Å². The Morgan fingerprint density at radius 2 is 2.04 bits per heavy atom. The first-order valence-corrected chi connectivity index (χ1v) is 9.25. The van der Waals surface area contributed by atoms with E-state index >= 15 is 0 Å². The summed E-state index contributed by atoms with van der Waals surface area (Å²) in [6.45, 7) is 2.78. The topological polar surface area (TPSA) is 101 Å². The highest BCUT2D eigenvalue weighted by Crippen LogP contribution is 2.28. The number of nitrogens with zero attached hydrogens (tertiary/aromatic N) is 1. The summed E-state index contributed by atoms with van der Waals surface area (Å²) < 4.78 is 35.5. The van der Waals surface area contributed by atoms with E-state index in [1.807, 2.05) is 0 Å². The molecule has 2 rings (SSSR count). The van der Waals surface area contributed by atoms with Crippen LogP contribution in [0, 0.1) is 5.41 Å². The van der Waals surface area contributed by atoms with E-state index < -0.39 is 15.9 Å². The van der Waals surface area contributed by atoms with E-state index in [-0.39, 0.29) is 16.3 Å². The fraction of sp³-hybridized carbons (Fsp3) is 0.667. The number of hydrogen-bond donors (Lipinski definition) is 2. The molecule has 8 nitrogen and oxygen atoms in total. The Labute approximate surface area is 142 Å². The third-order valence-electron chi connectivity index (χ3n) is 4.28. The van der Waals surface area contributed by atoms with Crippen LogP contribution < -0.4 is 10.6 Å². The number of nitrogens with one attached hydrogen (secondary N) is 2. The van der Waals surface area contributed by atoms with E-state index in [0.29, 0.717) is 13.2 Å². The number of amides is 1. The van der Waals surface area contributed by atoms with Crippen LogP contribution in [0.2, 0.25) is 0 Å². The summed E-state index contributed by atoms with van der Waals surface area (Å²) in [5.41, 5.74) is -0.110. The number of ether oxygens (including phenoxy) is 1. The maximum Gasteiger partial charge on any atom is 0.287 e. The lowest BCUT2D eigenvalue weighted by Crippen LogP contribution is -2.47. The van der Waals surface area contributed by atoms with E-state index in [0.717, 1.165) is 30.2 Å². The van der Waals surface area contributed by atoms with E-state index in [1.165, 1.54) is 26.2 Å². The smallest absolute Gasteiger partial charge is 0.287 e. The molecule has 1 aliphatic rings. The van der Waals surface area contributed by atoms with Gasteiger partial charge in [-0.25, -0.2) is 12.7 Å². The van der Waals surface area contributed by atoms with Crippen molar-refractivity contribution in [2.45, 2.75) is 17.9 Å². The van der Waals surface area contributed by atoms with Crippen LogP contribution in [-0.4, -0.2) is 66.1 Å². The third kappa shape index (κ3) is 4.15. The van der Waals surface area contributed by atoms with Crippen LogP contribution in [0.4, 0.5) is 0 Å². The van der Waals surface area contributed by atoms with Gasteiger partial charge < -0.3 is 19.8 Å². The molecule has 0 aliphatic carbocycles. The molecule has 0 saturated carbocycles. The van der Waals surface area contributed by atoms with Crippen LogP contribution in [-0.2, 0) is 14.8 Å². The molecule has 1 saturated heterocycles. The molecule has 9 heteroatoms. The zero-order valence-electron chi connectivity index (χ0n) is 14.3. The minimum atomic E-state index is -3.69. The van der Waals surface area contributed by atoms with Gasteiger partial charge in [-0.2, -0.15) is 0 Å². The lowest BCUT2D eigenvalue weighted by atomic mass is 9.79. The molecule has 0 bridgehead atoms. The first-order valence-electron chi connectivity index (χ1n) is 7.81. The predicted molar refractivity (Wildman–Crippen MR) is 88.3 cm³/mol. The summed E-state index contributed by atoms with van der Waals surface area (Å²) in [5.74, 6) is -0.443. The maximum atomic E-state index is 12.3. The van der Waals surface area contributed by atoms with E-state index in [4.69, 9.17) is 9.15 Å². The summed E-state index contributed by atoms with van der Waals surface area (Å²) in [5, 5.41) is 5.88. The fourth-order valence-corrected chi connectivity index (χ4v) is 3.55. The Morgan fingerprint density at radius 3 is 2.62 bits per heavy atom. The number of furan rings is 1. The first kappa shape index (κ1) is 18.9. The van der Waals surface area contributed by atoms with Crippen molar-refractivity contribution < 1.29 is 22.4 Å². The van der Waals surface area contributed by atoms with Crippen LogP contribution in [0.15, 0.2) is 21.6 Å². The Hall–Kier alpha value is -1.42. The molecular weight excluding hydrogens is 334 g/mol. The molecule has 2 heterocycles. The van der Waals surface area contributed by atoms with Crippen molar-refractivity contribution in [1.29, 1.82) is 0 Å². The zero-order valence-corrected chi connectivity index (χ0v) is 15.1. The van der Waals surface area contributed by atoms with Gasteiger partial charge in [-0.1, -0.05) is 0 Å². The van der Waals surface area contributed by atoms with Crippen LogP contribution in [0.3, 0.4) is 0 Å². The molecule has 0 radical (unpaired) electrons. The highest BCUT2D eigenvalue weighted by molar-refractivity contribution is 7.88. The van der Waals surface area contributed by atoms with Gasteiger partial charge in [0.2, 0.25) is 5.09 Å². The predicted octanol–water partition coefficient (Wildman–Crippen LogP) is 0.276. The largest absolute Gasteiger partial charge is 0.438 e. The normalized spacial score (nSPS) is 17.8. The summed E-state index contributed by atoms with van der Waals surface area (Å²) in [6, 6.07) is 2.66. The monoisotopic (exact) mass is 359 g/mol. The van der Waals surface area contributed by atoms with Crippen molar-refractivity contribution in [2.75, 3.05) is 47.4 Å². The van der Waals surface area contributed by atoms with E-state index in [2.05, 4.69) is 10.6 Å². The Bertz CT molecular complexity index is 657. The quantitative estimate of drug-likeness (QED) is 0.725. The lowest BCUT2D eigenvalue weighted by Gasteiger charge is -2.37. The van der Waals surface area contributed by atoms with Crippen molar-refractivity contribution in [2.24, 2.45) is 5.41 Å². The molecule has 1 aromatic rings. The van der Waals surface area contributed by atoms with Gasteiger partial charge in [0.25, 0.3) is 15.9 Å². The van der Waals surface area contributed by atoms with Gasteiger partial charge >= 0.3 is 0 Å². The molecule has 0 unspecified atom stereocenters. The average Bonchev–Trinajstić information content (AvgIpc) is 3.04. The van der Waals surface area contributed by atoms with E-state index in [1.54, 1.807) is 7.11 Å². The molecule has 0 spiro atoms. The molecule has 1 aromatic heterocycles. The highest BCUT2D eigenvalue weighted by atomic mass is 32.2. The van der Waals surface area contributed by atoms with Crippen molar-refractivity contribution in [1.82, 2.24) is 14.9 Å². The molecule has 2 N–H and O–H groups in total. The lowest BCUT2D eigenvalue weighted by molar-refractivity contribution is 0.0505. The minimum absolute atomic E-state index is 0.0167. The molecule has 24 heavy (non-hydrogen) atoms.